The molecule has 0 spiro atoms. The van der Waals surface area contributed by atoms with Gasteiger partial charge in [-0.1, -0.05) is 0 Å². The van der Waals surface area contributed by atoms with E-state index < -0.39 is 0 Å². The summed E-state index contributed by atoms with van der Waals surface area (Å²) in [5.41, 5.74) is -0.102. The molecule has 14 heavy (non-hydrogen) atoms. The van der Waals surface area contributed by atoms with E-state index in [4.69, 9.17) is 14.2 Å². The van der Waals surface area contributed by atoms with Gasteiger partial charge in [-0.2, -0.15) is 0 Å². The zero-order valence-electron chi connectivity index (χ0n) is 9.54. The number of ether oxygens (including phenoxy) is 3. The van der Waals surface area contributed by atoms with Gasteiger partial charge in [-0.15, -0.1) is 0 Å². The summed E-state index contributed by atoms with van der Waals surface area (Å²) in [7, 11) is 3.55. The molecule has 1 aliphatic carbocycles. The number of methoxy groups -OCH3 is 2. The molecule has 2 unspecified atom stereocenters. The second-order valence-corrected chi connectivity index (χ2v) is 3.98. The second kappa shape index (κ2) is 5.69. The van der Waals surface area contributed by atoms with Crippen LogP contribution in [0.3, 0.4) is 0 Å². The van der Waals surface area contributed by atoms with Crippen molar-refractivity contribution >= 4 is 0 Å². The molecule has 0 heterocycles. The van der Waals surface area contributed by atoms with Crippen LogP contribution in [-0.2, 0) is 14.2 Å². The molecule has 2 atom stereocenters. The van der Waals surface area contributed by atoms with E-state index in [1.54, 1.807) is 14.2 Å². The lowest BCUT2D eigenvalue weighted by Gasteiger charge is -2.39. The van der Waals surface area contributed by atoms with Gasteiger partial charge in [0.1, 0.15) is 0 Å². The van der Waals surface area contributed by atoms with E-state index in [1.165, 1.54) is 6.42 Å². The first kappa shape index (κ1) is 12.0. The molecule has 0 aromatic heterocycles. The van der Waals surface area contributed by atoms with Crippen LogP contribution in [0.4, 0.5) is 0 Å². The molecule has 0 N–H and O–H groups in total. The Balaban J connectivity index is 2.49. The Kier molecular flexibility index (Phi) is 4.85. The van der Waals surface area contributed by atoms with Crippen molar-refractivity contribution in [2.75, 3.05) is 27.4 Å². The first-order valence-electron chi connectivity index (χ1n) is 5.42. The van der Waals surface area contributed by atoms with Crippen LogP contribution in [0.25, 0.3) is 0 Å². The fourth-order valence-electron chi connectivity index (χ4n) is 2.14. The van der Waals surface area contributed by atoms with Gasteiger partial charge in [0.05, 0.1) is 18.3 Å². The summed E-state index contributed by atoms with van der Waals surface area (Å²) in [5, 5.41) is 0. The standard InChI is InChI=1S/C11H22O3/c1-4-14-9-11(13-3)7-5-6-10(8-11)12-2/h10H,4-9H2,1-3H3. The molecular weight excluding hydrogens is 180 g/mol. The number of hydrogen-bond acceptors (Lipinski definition) is 3. The smallest absolute Gasteiger partial charge is 0.0935 e. The van der Waals surface area contributed by atoms with Crippen LogP contribution < -0.4 is 0 Å². The average Bonchev–Trinajstić information content (AvgIpc) is 2.26. The minimum Gasteiger partial charge on any atom is -0.381 e. The Hall–Kier alpha value is -0.120. The molecule has 3 heteroatoms. The highest BCUT2D eigenvalue weighted by atomic mass is 16.5. The van der Waals surface area contributed by atoms with Gasteiger partial charge in [0.15, 0.2) is 0 Å². The molecule has 1 rings (SSSR count). The normalized spacial score (nSPS) is 33.2. The van der Waals surface area contributed by atoms with E-state index in [2.05, 4.69) is 0 Å². The van der Waals surface area contributed by atoms with E-state index in [9.17, 15) is 0 Å². The minimum absolute atomic E-state index is 0.102. The Morgan fingerprint density at radius 3 is 2.71 bits per heavy atom. The van der Waals surface area contributed by atoms with Crippen molar-refractivity contribution in [2.24, 2.45) is 0 Å². The molecule has 0 saturated heterocycles. The SMILES string of the molecule is CCOCC1(OC)CCCC(OC)C1. The van der Waals surface area contributed by atoms with E-state index in [0.29, 0.717) is 12.7 Å². The lowest BCUT2D eigenvalue weighted by Crippen LogP contribution is -2.44. The molecular formula is C11H22O3. The van der Waals surface area contributed by atoms with Crippen LogP contribution in [0.15, 0.2) is 0 Å². The third-order valence-electron chi connectivity index (χ3n) is 3.09. The molecule has 0 aromatic rings. The number of rotatable bonds is 5. The molecule has 1 saturated carbocycles. The van der Waals surface area contributed by atoms with Crippen molar-refractivity contribution in [3.8, 4) is 0 Å². The van der Waals surface area contributed by atoms with Crippen molar-refractivity contribution in [2.45, 2.75) is 44.3 Å². The third-order valence-corrected chi connectivity index (χ3v) is 3.09. The van der Waals surface area contributed by atoms with E-state index in [-0.39, 0.29) is 5.60 Å². The predicted molar refractivity (Wildman–Crippen MR) is 55.5 cm³/mol. The summed E-state index contributed by atoms with van der Waals surface area (Å²) < 4.78 is 16.5. The molecule has 1 aliphatic rings. The monoisotopic (exact) mass is 202 g/mol. The van der Waals surface area contributed by atoms with Crippen molar-refractivity contribution in [1.29, 1.82) is 0 Å². The summed E-state index contributed by atoms with van der Waals surface area (Å²) in [6.45, 7) is 3.46. The predicted octanol–water partition coefficient (Wildman–Crippen LogP) is 2.00. The van der Waals surface area contributed by atoms with Crippen molar-refractivity contribution in [3.63, 3.8) is 0 Å². The highest BCUT2D eigenvalue weighted by Crippen LogP contribution is 2.32. The maximum Gasteiger partial charge on any atom is 0.0935 e. The van der Waals surface area contributed by atoms with Crippen LogP contribution >= 0.6 is 0 Å². The Morgan fingerprint density at radius 2 is 2.14 bits per heavy atom. The average molecular weight is 202 g/mol. The lowest BCUT2D eigenvalue weighted by atomic mass is 9.83. The molecule has 84 valence electrons. The number of hydrogen-bond donors (Lipinski definition) is 0. The molecule has 0 bridgehead atoms. The van der Waals surface area contributed by atoms with E-state index in [0.717, 1.165) is 25.9 Å². The Labute approximate surface area is 86.7 Å². The minimum atomic E-state index is -0.102. The van der Waals surface area contributed by atoms with Crippen LogP contribution in [0, 0.1) is 0 Å². The molecule has 1 fully saturated rings. The summed E-state index contributed by atoms with van der Waals surface area (Å²) >= 11 is 0. The van der Waals surface area contributed by atoms with Gasteiger partial charge in [-0.3, -0.25) is 0 Å². The first-order chi connectivity index (χ1) is 6.76. The van der Waals surface area contributed by atoms with Gasteiger partial charge in [0.25, 0.3) is 0 Å². The van der Waals surface area contributed by atoms with Gasteiger partial charge in [-0.25, -0.2) is 0 Å². The Bertz CT molecular complexity index is 161. The van der Waals surface area contributed by atoms with Gasteiger partial charge in [0.2, 0.25) is 0 Å². The topological polar surface area (TPSA) is 27.7 Å². The zero-order valence-corrected chi connectivity index (χ0v) is 9.54. The highest BCUT2D eigenvalue weighted by Gasteiger charge is 2.36. The van der Waals surface area contributed by atoms with Crippen molar-refractivity contribution in [1.82, 2.24) is 0 Å². The van der Waals surface area contributed by atoms with Crippen LogP contribution in [0.2, 0.25) is 0 Å². The second-order valence-electron chi connectivity index (χ2n) is 3.98. The van der Waals surface area contributed by atoms with Gasteiger partial charge in [-0.05, 0) is 26.2 Å². The fraction of sp³-hybridized carbons (Fsp3) is 1.00. The largest absolute Gasteiger partial charge is 0.381 e. The quantitative estimate of drug-likeness (QED) is 0.682. The van der Waals surface area contributed by atoms with Gasteiger partial charge < -0.3 is 14.2 Å². The van der Waals surface area contributed by atoms with Gasteiger partial charge in [0, 0.05) is 27.2 Å². The molecule has 0 aliphatic heterocycles. The third kappa shape index (κ3) is 2.94. The maximum absolute atomic E-state index is 5.61. The summed E-state index contributed by atoms with van der Waals surface area (Å²) in [4.78, 5) is 0. The fourth-order valence-corrected chi connectivity index (χ4v) is 2.14. The van der Waals surface area contributed by atoms with Crippen molar-refractivity contribution < 1.29 is 14.2 Å². The zero-order chi connectivity index (χ0) is 10.4. The summed E-state index contributed by atoms with van der Waals surface area (Å²) in [6.07, 6.45) is 4.69. The summed E-state index contributed by atoms with van der Waals surface area (Å²) in [6, 6.07) is 0. The maximum atomic E-state index is 5.61. The summed E-state index contributed by atoms with van der Waals surface area (Å²) in [5.74, 6) is 0. The van der Waals surface area contributed by atoms with Crippen LogP contribution in [0.1, 0.15) is 32.6 Å². The van der Waals surface area contributed by atoms with Crippen LogP contribution in [-0.4, -0.2) is 39.1 Å². The Morgan fingerprint density at radius 1 is 1.36 bits per heavy atom. The molecule has 0 amide bonds. The first-order valence-corrected chi connectivity index (χ1v) is 5.42. The highest BCUT2D eigenvalue weighted by molar-refractivity contribution is 4.88. The van der Waals surface area contributed by atoms with Crippen molar-refractivity contribution in [3.05, 3.63) is 0 Å². The molecule has 3 nitrogen and oxygen atoms in total. The van der Waals surface area contributed by atoms with Gasteiger partial charge >= 0.3 is 0 Å². The molecule has 0 aromatic carbocycles. The lowest BCUT2D eigenvalue weighted by molar-refractivity contribution is -0.123. The van der Waals surface area contributed by atoms with Crippen LogP contribution in [0.5, 0.6) is 0 Å². The molecule has 0 radical (unpaired) electrons. The van der Waals surface area contributed by atoms with E-state index in [1.807, 2.05) is 6.92 Å². The van der Waals surface area contributed by atoms with E-state index >= 15 is 0 Å².